The summed E-state index contributed by atoms with van der Waals surface area (Å²) in [4.78, 5) is 2.38. The molecule has 3 heteroatoms. The summed E-state index contributed by atoms with van der Waals surface area (Å²) < 4.78 is 5.03. The normalized spacial score (nSPS) is 12.0. The number of nitrogens with zero attached hydrogens (tertiary/aromatic N) is 2. The van der Waals surface area contributed by atoms with E-state index in [0.29, 0.717) is 0 Å². The smallest absolute Gasteiger partial charge is 0.0541 e. The summed E-state index contributed by atoms with van der Waals surface area (Å²) in [5.74, 6) is 0. The second-order valence-corrected chi connectivity index (χ2v) is 15.0. The van der Waals surface area contributed by atoms with E-state index in [2.05, 4.69) is 194 Å². The predicted molar refractivity (Wildman–Crippen MR) is 212 cm³/mol. The van der Waals surface area contributed by atoms with Gasteiger partial charge < -0.3 is 9.47 Å². The molecular formula is C46H36N2S. The van der Waals surface area contributed by atoms with Crippen LogP contribution >= 0.6 is 11.3 Å². The Morgan fingerprint density at radius 1 is 0.449 bits per heavy atom. The molecule has 0 N–H and O–H groups in total. The van der Waals surface area contributed by atoms with E-state index in [1.54, 1.807) is 0 Å². The third-order valence-corrected chi connectivity index (χ3v) is 10.9. The average molecular weight is 649 g/mol. The number of rotatable bonds is 5. The van der Waals surface area contributed by atoms with Crippen molar-refractivity contribution in [1.29, 1.82) is 0 Å². The standard InChI is InChI=1S/C46H36N2S/c1-46(2,3)33-22-25-43-40(29-33)39-28-32(21-24-42(39)48(43)35-16-8-5-9-17-35)31-13-12-18-36(27-31)47(34-14-6-4-7-15-34)37-23-26-45-41(30-37)38-19-10-11-20-44(38)49-45/h4-30H,1-3H3. The molecule has 0 aliphatic carbocycles. The van der Waals surface area contributed by atoms with Crippen molar-refractivity contribution in [3.63, 3.8) is 0 Å². The number of anilines is 3. The van der Waals surface area contributed by atoms with Crippen LogP contribution < -0.4 is 4.90 Å². The van der Waals surface area contributed by atoms with Gasteiger partial charge in [0.15, 0.2) is 0 Å². The molecule has 49 heavy (non-hydrogen) atoms. The van der Waals surface area contributed by atoms with Crippen LogP contribution in [-0.4, -0.2) is 4.57 Å². The van der Waals surface area contributed by atoms with Crippen molar-refractivity contribution in [2.75, 3.05) is 4.90 Å². The van der Waals surface area contributed by atoms with Crippen LogP contribution in [-0.2, 0) is 5.41 Å². The molecule has 0 aliphatic rings. The van der Waals surface area contributed by atoms with Crippen molar-refractivity contribution in [2.24, 2.45) is 0 Å². The molecule has 0 spiro atoms. The summed E-state index contributed by atoms with van der Waals surface area (Å²) in [7, 11) is 0. The molecule has 2 nitrogen and oxygen atoms in total. The number of para-hydroxylation sites is 2. The van der Waals surface area contributed by atoms with E-state index in [1.165, 1.54) is 64.4 Å². The molecule has 0 saturated heterocycles. The van der Waals surface area contributed by atoms with Crippen LogP contribution in [0.1, 0.15) is 26.3 Å². The van der Waals surface area contributed by atoms with Crippen molar-refractivity contribution in [3.8, 4) is 16.8 Å². The molecule has 0 aliphatic heterocycles. The lowest BCUT2D eigenvalue weighted by atomic mass is 9.86. The van der Waals surface area contributed by atoms with E-state index in [4.69, 9.17) is 0 Å². The van der Waals surface area contributed by atoms with Gasteiger partial charge in [0.05, 0.1) is 11.0 Å². The fraction of sp³-hybridized carbons (Fsp3) is 0.0870. The van der Waals surface area contributed by atoms with Gasteiger partial charge in [-0.2, -0.15) is 0 Å². The Morgan fingerprint density at radius 3 is 1.88 bits per heavy atom. The Morgan fingerprint density at radius 2 is 1.08 bits per heavy atom. The number of fused-ring (bicyclic) bond motifs is 6. The van der Waals surface area contributed by atoms with Gasteiger partial charge in [0, 0.05) is 53.7 Å². The highest BCUT2D eigenvalue weighted by molar-refractivity contribution is 7.25. The summed E-state index contributed by atoms with van der Waals surface area (Å²) in [6, 6.07) is 60.0. The number of thiophene rings is 1. The first kappa shape index (κ1) is 29.5. The minimum absolute atomic E-state index is 0.0561. The predicted octanol–water partition coefficient (Wildman–Crippen LogP) is 13.6. The molecule has 0 unspecified atom stereocenters. The van der Waals surface area contributed by atoms with Crippen LogP contribution in [0.15, 0.2) is 164 Å². The minimum Gasteiger partial charge on any atom is -0.310 e. The minimum atomic E-state index is 0.0561. The van der Waals surface area contributed by atoms with E-state index in [9.17, 15) is 0 Å². The van der Waals surface area contributed by atoms with Crippen molar-refractivity contribution in [1.82, 2.24) is 4.57 Å². The Balaban J connectivity index is 1.21. The van der Waals surface area contributed by atoms with Gasteiger partial charge >= 0.3 is 0 Å². The molecule has 0 fully saturated rings. The van der Waals surface area contributed by atoms with Gasteiger partial charge in [0.1, 0.15) is 0 Å². The molecule has 0 radical (unpaired) electrons. The molecule has 9 aromatic rings. The van der Waals surface area contributed by atoms with Crippen molar-refractivity contribution < 1.29 is 0 Å². The third kappa shape index (κ3) is 5.10. The zero-order valence-electron chi connectivity index (χ0n) is 27.9. The summed E-state index contributed by atoms with van der Waals surface area (Å²) in [6.45, 7) is 6.87. The fourth-order valence-corrected chi connectivity index (χ4v) is 8.31. The van der Waals surface area contributed by atoms with Crippen LogP contribution in [0.3, 0.4) is 0 Å². The molecule has 2 aromatic heterocycles. The summed E-state index contributed by atoms with van der Waals surface area (Å²) in [5, 5.41) is 5.16. The van der Waals surface area contributed by atoms with Gasteiger partial charge in [0.25, 0.3) is 0 Å². The molecule has 7 aromatic carbocycles. The zero-order chi connectivity index (χ0) is 33.1. The topological polar surface area (TPSA) is 8.17 Å². The van der Waals surface area contributed by atoms with E-state index in [1.807, 2.05) is 11.3 Å². The third-order valence-electron chi connectivity index (χ3n) is 9.72. The van der Waals surface area contributed by atoms with E-state index in [-0.39, 0.29) is 5.41 Å². The fourth-order valence-electron chi connectivity index (χ4n) is 7.23. The largest absolute Gasteiger partial charge is 0.310 e. The maximum atomic E-state index is 2.40. The Bertz CT molecular complexity index is 2640. The second-order valence-electron chi connectivity index (χ2n) is 13.9. The number of aromatic nitrogens is 1. The van der Waals surface area contributed by atoms with Gasteiger partial charge in [-0.1, -0.05) is 99.6 Å². The second kappa shape index (κ2) is 11.5. The van der Waals surface area contributed by atoms with Gasteiger partial charge in [-0.3, -0.25) is 0 Å². The highest BCUT2D eigenvalue weighted by Gasteiger charge is 2.20. The lowest BCUT2D eigenvalue weighted by Gasteiger charge is -2.26. The van der Waals surface area contributed by atoms with Crippen molar-refractivity contribution >= 4 is 70.4 Å². The lowest BCUT2D eigenvalue weighted by Crippen LogP contribution is -2.10. The first-order chi connectivity index (χ1) is 23.9. The summed E-state index contributed by atoms with van der Waals surface area (Å²) in [6.07, 6.45) is 0. The molecule has 0 amide bonds. The van der Waals surface area contributed by atoms with Crippen LogP contribution in [0.2, 0.25) is 0 Å². The van der Waals surface area contributed by atoms with Crippen LogP contribution in [0.5, 0.6) is 0 Å². The molecule has 0 saturated carbocycles. The number of hydrogen-bond acceptors (Lipinski definition) is 2. The van der Waals surface area contributed by atoms with Gasteiger partial charge in [-0.05, 0) is 107 Å². The zero-order valence-corrected chi connectivity index (χ0v) is 28.7. The van der Waals surface area contributed by atoms with Gasteiger partial charge in [-0.15, -0.1) is 11.3 Å². The molecular weight excluding hydrogens is 613 g/mol. The number of hydrogen-bond donors (Lipinski definition) is 0. The van der Waals surface area contributed by atoms with Gasteiger partial charge in [-0.25, -0.2) is 0 Å². The van der Waals surface area contributed by atoms with Crippen molar-refractivity contribution in [2.45, 2.75) is 26.2 Å². The van der Waals surface area contributed by atoms with E-state index in [0.717, 1.165) is 17.1 Å². The van der Waals surface area contributed by atoms with Crippen molar-refractivity contribution in [3.05, 3.63) is 169 Å². The quantitative estimate of drug-likeness (QED) is 0.180. The molecule has 9 rings (SSSR count). The Labute approximate surface area is 291 Å². The summed E-state index contributed by atoms with van der Waals surface area (Å²) in [5.41, 5.74) is 10.8. The maximum absolute atomic E-state index is 2.40. The molecule has 236 valence electrons. The Kier molecular flexibility index (Phi) is 6.93. The molecule has 0 atom stereocenters. The van der Waals surface area contributed by atoms with Crippen LogP contribution in [0, 0.1) is 0 Å². The molecule has 0 bridgehead atoms. The SMILES string of the molecule is CC(C)(C)c1ccc2c(c1)c1cc(-c3cccc(N(c4ccccc4)c4ccc5sc6ccccc6c5c4)c3)ccc1n2-c1ccccc1. The van der Waals surface area contributed by atoms with Crippen LogP contribution in [0.25, 0.3) is 58.8 Å². The highest BCUT2D eigenvalue weighted by atomic mass is 32.1. The van der Waals surface area contributed by atoms with Gasteiger partial charge in [0.2, 0.25) is 0 Å². The number of benzene rings is 7. The summed E-state index contributed by atoms with van der Waals surface area (Å²) >= 11 is 1.86. The van der Waals surface area contributed by atoms with E-state index >= 15 is 0 Å². The Hall–Kier alpha value is -5.64. The van der Waals surface area contributed by atoms with E-state index < -0.39 is 0 Å². The molecule has 2 heterocycles. The first-order valence-electron chi connectivity index (χ1n) is 16.9. The lowest BCUT2D eigenvalue weighted by molar-refractivity contribution is 0.591. The van der Waals surface area contributed by atoms with Crippen LogP contribution in [0.4, 0.5) is 17.1 Å². The highest BCUT2D eigenvalue weighted by Crippen LogP contribution is 2.42. The average Bonchev–Trinajstić information content (AvgIpc) is 3.67. The monoisotopic (exact) mass is 648 g/mol. The first-order valence-corrected chi connectivity index (χ1v) is 17.8. The maximum Gasteiger partial charge on any atom is 0.0541 e.